The average molecular weight is 592 g/mol. The number of amides is 1. The molecule has 218 valence electrons. The second kappa shape index (κ2) is 10.4. The number of aromatic nitrogens is 4. The lowest BCUT2D eigenvalue weighted by Crippen LogP contribution is -2.38. The summed E-state index contributed by atoms with van der Waals surface area (Å²) < 4.78 is 48.4. The van der Waals surface area contributed by atoms with Crippen molar-refractivity contribution in [3.8, 4) is 0 Å². The minimum Gasteiger partial charge on any atom is -0.377 e. The smallest absolute Gasteiger partial charge is 0.377 e. The number of hydrogen-bond acceptors (Lipinski definition) is 7. The standard InChI is InChI=1S/C27H29ClF3N7O3/c1-2-20-22(36-12-15-10-33-11-16(15)13-36)25(40)38-26(34-24(35-38)14-5-7-41-8-6-14)37(20)21(23(32)39)18-4-3-17(9-19(18)28)27(29,30)31/h3-5,9,15-16,21,33H,2,6-8,10-13H2,1H3,(H2,32,39)/t15-,16+,21?. The van der Waals surface area contributed by atoms with Crippen LogP contribution in [0.5, 0.6) is 0 Å². The van der Waals surface area contributed by atoms with Gasteiger partial charge in [0.15, 0.2) is 5.82 Å². The maximum Gasteiger partial charge on any atom is 0.416 e. The molecule has 3 N–H and O–H groups in total. The number of anilines is 1. The van der Waals surface area contributed by atoms with Crippen LogP contribution < -0.4 is 21.5 Å². The molecule has 0 spiro atoms. The number of ether oxygens (including phenoxy) is 1. The van der Waals surface area contributed by atoms with Crippen molar-refractivity contribution < 1.29 is 22.7 Å². The van der Waals surface area contributed by atoms with Crippen molar-refractivity contribution in [2.75, 3.05) is 44.3 Å². The van der Waals surface area contributed by atoms with Crippen LogP contribution >= 0.6 is 11.6 Å². The normalized spacial score (nSPS) is 21.8. The summed E-state index contributed by atoms with van der Waals surface area (Å²) in [6.07, 6.45) is -1.95. The Balaban J connectivity index is 1.61. The van der Waals surface area contributed by atoms with E-state index in [1.165, 1.54) is 9.08 Å². The number of rotatable bonds is 6. The lowest BCUT2D eigenvalue weighted by Gasteiger charge is -2.28. The predicted octanol–water partition coefficient (Wildman–Crippen LogP) is 2.66. The summed E-state index contributed by atoms with van der Waals surface area (Å²) in [6, 6.07) is 1.43. The van der Waals surface area contributed by atoms with Gasteiger partial charge in [0.25, 0.3) is 5.56 Å². The van der Waals surface area contributed by atoms with Crippen LogP contribution in [0.1, 0.15) is 42.0 Å². The molecular formula is C27H29ClF3N7O3. The quantitative estimate of drug-likeness (QED) is 0.452. The van der Waals surface area contributed by atoms with Gasteiger partial charge in [-0.25, -0.2) is 0 Å². The van der Waals surface area contributed by atoms with Crippen molar-refractivity contribution in [2.24, 2.45) is 17.6 Å². The van der Waals surface area contributed by atoms with E-state index >= 15 is 0 Å². The molecule has 3 aliphatic heterocycles. The van der Waals surface area contributed by atoms with E-state index in [0.717, 1.165) is 36.9 Å². The number of benzene rings is 1. The van der Waals surface area contributed by atoms with Gasteiger partial charge >= 0.3 is 6.18 Å². The highest BCUT2D eigenvalue weighted by atomic mass is 35.5. The molecule has 5 heterocycles. The first-order chi connectivity index (χ1) is 19.6. The second-order valence-corrected chi connectivity index (χ2v) is 11.1. The van der Waals surface area contributed by atoms with Gasteiger partial charge in [0.05, 0.1) is 24.5 Å². The van der Waals surface area contributed by atoms with Crippen LogP contribution in [0.2, 0.25) is 5.02 Å². The van der Waals surface area contributed by atoms with Gasteiger partial charge in [-0.3, -0.25) is 14.2 Å². The first-order valence-corrected chi connectivity index (χ1v) is 13.9. The number of halogens is 4. The maximum absolute atomic E-state index is 14.1. The lowest BCUT2D eigenvalue weighted by molar-refractivity contribution is -0.137. The topological polar surface area (TPSA) is 120 Å². The van der Waals surface area contributed by atoms with E-state index < -0.39 is 23.7 Å². The van der Waals surface area contributed by atoms with Gasteiger partial charge < -0.3 is 20.7 Å². The Bertz CT molecular complexity index is 1600. The molecule has 3 aromatic rings. The van der Waals surface area contributed by atoms with Gasteiger partial charge in [0, 0.05) is 36.8 Å². The number of carbonyl (C=O) groups excluding carboxylic acids is 1. The van der Waals surface area contributed by atoms with Crippen molar-refractivity contribution in [2.45, 2.75) is 32.0 Å². The Kier molecular flexibility index (Phi) is 7.07. The largest absolute Gasteiger partial charge is 0.416 e. The number of nitrogens with one attached hydrogen (secondary N) is 1. The third-order valence-electron chi connectivity index (χ3n) is 8.21. The first kappa shape index (κ1) is 27.7. The predicted molar refractivity (Wildman–Crippen MR) is 146 cm³/mol. The highest BCUT2D eigenvalue weighted by Gasteiger charge is 2.40. The second-order valence-electron chi connectivity index (χ2n) is 10.6. The molecule has 41 heavy (non-hydrogen) atoms. The Labute approximate surface area is 237 Å². The monoisotopic (exact) mass is 591 g/mol. The van der Waals surface area contributed by atoms with E-state index in [4.69, 9.17) is 22.1 Å². The molecule has 0 bridgehead atoms. The third-order valence-corrected chi connectivity index (χ3v) is 8.53. The molecule has 1 unspecified atom stereocenters. The summed E-state index contributed by atoms with van der Waals surface area (Å²) in [7, 11) is 0. The summed E-state index contributed by atoms with van der Waals surface area (Å²) >= 11 is 6.39. The fourth-order valence-corrected chi connectivity index (χ4v) is 6.51. The van der Waals surface area contributed by atoms with Crippen LogP contribution in [0.4, 0.5) is 18.9 Å². The number of hydrogen-bond donors (Lipinski definition) is 2. The van der Waals surface area contributed by atoms with Crippen molar-refractivity contribution in [1.82, 2.24) is 24.5 Å². The molecule has 2 saturated heterocycles. The fraction of sp³-hybridized carbons (Fsp3) is 0.481. The number of nitrogens with two attached hydrogens (primary N) is 1. The number of carbonyl (C=O) groups is 1. The van der Waals surface area contributed by atoms with Gasteiger partial charge in [-0.1, -0.05) is 30.7 Å². The van der Waals surface area contributed by atoms with Gasteiger partial charge in [-0.05, 0) is 42.4 Å². The summed E-state index contributed by atoms with van der Waals surface area (Å²) in [5, 5.41) is 7.66. The van der Waals surface area contributed by atoms with Crippen molar-refractivity contribution in [3.63, 3.8) is 0 Å². The first-order valence-electron chi connectivity index (χ1n) is 13.5. The Morgan fingerprint density at radius 3 is 2.59 bits per heavy atom. The molecule has 0 saturated carbocycles. The average Bonchev–Trinajstić information content (AvgIpc) is 3.66. The molecule has 0 aliphatic carbocycles. The van der Waals surface area contributed by atoms with Crippen molar-refractivity contribution in [1.29, 1.82) is 0 Å². The van der Waals surface area contributed by atoms with Crippen LogP contribution in [-0.4, -0.2) is 64.5 Å². The molecule has 1 amide bonds. The number of alkyl halides is 3. The van der Waals surface area contributed by atoms with Crippen LogP contribution in [0.25, 0.3) is 11.4 Å². The molecule has 2 fully saturated rings. The lowest BCUT2D eigenvalue weighted by atomic mass is 10.0. The van der Waals surface area contributed by atoms with E-state index in [1.54, 1.807) is 0 Å². The van der Waals surface area contributed by atoms with Gasteiger partial charge in [-0.2, -0.15) is 22.7 Å². The molecule has 0 radical (unpaired) electrons. The van der Waals surface area contributed by atoms with Crippen LogP contribution in [-0.2, 0) is 22.1 Å². The van der Waals surface area contributed by atoms with E-state index in [-0.39, 0.29) is 21.9 Å². The minimum atomic E-state index is -4.63. The Hall–Kier alpha value is -3.42. The molecule has 10 nitrogen and oxygen atoms in total. The van der Waals surface area contributed by atoms with E-state index in [2.05, 4.69) is 15.4 Å². The van der Waals surface area contributed by atoms with Gasteiger partial charge in [-0.15, -0.1) is 5.10 Å². The van der Waals surface area contributed by atoms with Gasteiger partial charge in [0.1, 0.15) is 11.7 Å². The van der Waals surface area contributed by atoms with Crippen molar-refractivity contribution in [3.05, 3.63) is 62.3 Å². The highest BCUT2D eigenvalue weighted by Crippen LogP contribution is 2.38. The molecular weight excluding hydrogens is 563 g/mol. The third kappa shape index (κ3) is 4.79. The van der Waals surface area contributed by atoms with Crippen LogP contribution in [0, 0.1) is 11.8 Å². The zero-order valence-corrected chi connectivity index (χ0v) is 23.0. The molecule has 14 heteroatoms. The number of primary amides is 1. The van der Waals surface area contributed by atoms with Crippen LogP contribution in [0.3, 0.4) is 0 Å². The fourth-order valence-electron chi connectivity index (χ4n) is 6.23. The molecule has 2 aromatic heterocycles. The zero-order valence-electron chi connectivity index (χ0n) is 22.2. The Morgan fingerprint density at radius 1 is 1.27 bits per heavy atom. The maximum atomic E-state index is 14.1. The van der Waals surface area contributed by atoms with Crippen molar-refractivity contribution >= 4 is 34.5 Å². The van der Waals surface area contributed by atoms with Gasteiger partial charge in [0.2, 0.25) is 11.7 Å². The highest BCUT2D eigenvalue weighted by molar-refractivity contribution is 6.31. The molecule has 6 rings (SSSR count). The Morgan fingerprint density at radius 2 is 2.00 bits per heavy atom. The molecule has 1 aromatic carbocycles. The minimum absolute atomic E-state index is 0.0545. The number of fused-ring (bicyclic) bond motifs is 2. The van der Waals surface area contributed by atoms with E-state index in [1.807, 2.05) is 17.9 Å². The SMILES string of the molecule is CCc1c(N2C[C@H]3CNC[C@H]3C2)c(=O)n2nc(C3=CCOCC3)nc2n1C(C(N)=O)c1ccc(C(F)(F)F)cc1Cl. The summed E-state index contributed by atoms with van der Waals surface area (Å²) in [4.78, 5) is 34.0. The zero-order chi connectivity index (χ0) is 29.1. The summed E-state index contributed by atoms with van der Waals surface area (Å²) in [5.74, 6) is 0.216. The molecule has 3 aliphatic rings. The summed E-state index contributed by atoms with van der Waals surface area (Å²) in [5.41, 5.74) is 6.32. The van der Waals surface area contributed by atoms with E-state index in [9.17, 15) is 22.8 Å². The molecule has 3 atom stereocenters. The number of nitrogens with zero attached hydrogens (tertiary/aromatic N) is 5. The van der Waals surface area contributed by atoms with Crippen LogP contribution in [0.15, 0.2) is 29.1 Å². The van der Waals surface area contributed by atoms with E-state index in [0.29, 0.717) is 68.2 Å². The summed E-state index contributed by atoms with van der Waals surface area (Å²) in [6.45, 7) is 5.63.